The van der Waals surface area contributed by atoms with Crippen molar-refractivity contribution in [1.29, 1.82) is 0 Å². The van der Waals surface area contributed by atoms with Gasteiger partial charge in [0.25, 0.3) is 0 Å². The van der Waals surface area contributed by atoms with Crippen LogP contribution in [0.25, 0.3) is 0 Å². The van der Waals surface area contributed by atoms with E-state index in [0.717, 1.165) is 24.5 Å². The first kappa shape index (κ1) is 14.2. The standard InChI is InChI=1S/C15H23NS/c1-5-8-13-9-10-14(12(4)11-13)15(17)16(6-2)7-3/h9-11H,5-8H2,1-4H3. The van der Waals surface area contributed by atoms with E-state index >= 15 is 0 Å². The third-order valence-electron chi connectivity index (χ3n) is 3.11. The molecule has 0 fully saturated rings. The maximum atomic E-state index is 5.56. The van der Waals surface area contributed by atoms with Crippen LogP contribution in [-0.4, -0.2) is 23.0 Å². The Kier molecular flexibility index (Phi) is 5.63. The molecule has 0 unspecified atom stereocenters. The summed E-state index contributed by atoms with van der Waals surface area (Å²) in [5.74, 6) is 0. The van der Waals surface area contributed by atoms with Gasteiger partial charge >= 0.3 is 0 Å². The van der Waals surface area contributed by atoms with Gasteiger partial charge in [0.15, 0.2) is 0 Å². The molecular formula is C15H23NS. The quantitative estimate of drug-likeness (QED) is 0.727. The Balaban J connectivity index is 2.95. The van der Waals surface area contributed by atoms with Crippen molar-refractivity contribution < 1.29 is 0 Å². The van der Waals surface area contributed by atoms with Crippen LogP contribution in [0, 0.1) is 6.92 Å². The van der Waals surface area contributed by atoms with Crippen LogP contribution >= 0.6 is 12.2 Å². The molecule has 0 bridgehead atoms. The van der Waals surface area contributed by atoms with E-state index in [2.05, 4.69) is 50.8 Å². The Bertz CT molecular complexity index is 381. The molecule has 0 N–H and O–H groups in total. The molecule has 2 heteroatoms. The Morgan fingerprint density at radius 2 is 1.82 bits per heavy atom. The lowest BCUT2D eigenvalue weighted by Crippen LogP contribution is -2.30. The molecule has 1 rings (SSSR count). The van der Waals surface area contributed by atoms with Crippen molar-refractivity contribution in [2.45, 2.75) is 40.5 Å². The van der Waals surface area contributed by atoms with Crippen molar-refractivity contribution in [3.63, 3.8) is 0 Å². The van der Waals surface area contributed by atoms with Gasteiger partial charge in [0, 0.05) is 18.7 Å². The highest BCUT2D eigenvalue weighted by Crippen LogP contribution is 2.15. The van der Waals surface area contributed by atoms with Gasteiger partial charge in [-0.15, -0.1) is 0 Å². The normalized spacial score (nSPS) is 10.4. The summed E-state index contributed by atoms with van der Waals surface area (Å²) in [6, 6.07) is 6.66. The van der Waals surface area contributed by atoms with Gasteiger partial charge < -0.3 is 4.90 Å². The van der Waals surface area contributed by atoms with Gasteiger partial charge in [-0.05, 0) is 38.3 Å². The molecule has 0 spiro atoms. The summed E-state index contributed by atoms with van der Waals surface area (Å²) in [4.78, 5) is 3.22. The molecule has 0 aliphatic heterocycles. The van der Waals surface area contributed by atoms with E-state index < -0.39 is 0 Å². The summed E-state index contributed by atoms with van der Waals surface area (Å²) in [5, 5.41) is 0. The van der Waals surface area contributed by atoms with Crippen LogP contribution < -0.4 is 0 Å². The highest BCUT2D eigenvalue weighted by Gasteiger charge is 2.10. The number of nitrogens with zero attached hydrogens (tertiary/aromatic N) is 1. The summed E-state index contributed by atoms with van der Waals surface area (Å²) < 4.78 is 0. The summed E-state index contributed by atoms with van der Waals surface area (Å²) in [5.41, 5.74) is 3.92. The molecule has 1 aromatic rings. The zero-order valence-corrected chi connectivity index (χ0v) is 12.2. The third-order valence-corrected chi connectivity index (χ3v) is 3.59. The Morgan fingerprint density at radius 1 is 1.18 bits per heavy atom. The lowest BCUT2D eigenvalue weighted by molar-refractivity contribution is 0.474. The molecule has 94 valence electrons. The molecule has 0 aliphatic rings. The first-order valence-electron chi connectivity index (χ1n) is 6.52. The summed E-state index contributed by atoms with van der Waals surface area (Å²) in [6.45, 7) is 10.6. The van der Waals surface area contributed by atoms with Gasteiger partial charge in [0.1, 0.15) is 4.99 Å². The second-order valence-corrected chi connectivity index (χ2v) is 4.76. The van der Waals surface area contributed by atoms with Gasteiger partial charge in [0.05, 0.1) is 0 Å². The molecule has 0 saturated heterocycles. The van der Waals surface area contributed by atoms with Gasteiger partial charge in [-0.1, -0.05) is 43.8 Å². The van der Waals surface area contributed by atoms with Crippen LogP contribution in [0.4, 0.5) is 0 Å². The highest BCUT2D eigenvalue weighted by molar-refractivity contribution is 7.80. The predicted molar refractivity (Wildman–Crippen MR) is 79.8 cm³/mol. The molecular weight excluding hydrogens is 226 g/mol. The molecule has 0 atom stereocenters. The zero-order chi connectivity index (χ0) is 12.8. The van der Waals surface area contributed by atoms with Crippen molar-refractivity contribution in [1.82, 2.24) is 4.90 Å². The summed E-state index contributed by atoms with van der Waals surface area (Å²) in [7, 11) is 0. The fourth-order valence-corrected chi connectivity index (χ4v) is 2.58. The van der Waals surface area contributed by atoms with Crippen LogP contribution in [0.3, 0.4) is 0 Å². The van der Waals surface area contributed by atoms with E-state index in [9.17, 15) is 0 Å². The SMILES string of the molecule is CCCc1ccc(C(=S)N(CC)CC)c(C)c1. The molecule has 1 aromatic carbocycles. The average Bonchev–Trinajstić information content (AvgIpc) is 2.31. The lowest BCUT2D eigenvalue weighted by Gasteiger charge is -2.23. The molecule has 17 heavy (non-hydrogen) atoms. The first-order chi connectivity index (χ1) is 8.13. The Morgan fingerprint density at radius 3 is 2.29 bits per heavy atom. The van der Waals surface area contributed by atoms with Crippen LogP contribution in [0.1, 0.15) is 43.9 Å². The van der Waals surface area contributed by atoms with E-state index in [-0.39, 0.29) is 0 Å². The van der Waals surface area contributed by atoms with Crippen LogP contribution in [0.15, 0.2) is 18.2 Å². The monoisotopic (exact) mass is 249 g/mol. The number of thiocarbonyl (C=S) groups is 1. The predicted octanol–water partition coefficient (Wildman–Crippen LogP) is 3.96. The maximum Gasteiger partial charge on any atom is 0.109 e. The van der Waals surface area contributed by atoms with Gasteiger partial charge in [0.2, 0.25) is 0 Å². The first-order valence-corrected chi connectivity index (χ1v) is 6.93. The van der Waals surface area contributed by atoms with Gasteiger partial charge in [-0.3, -0.25) is 0 Å². The minimum atomic E-state index is 0.978. The van der Waals surface area contributed by atoms with Gasteiger partial charge in [-0.25, -0.2) is 0 Å². The van der Waals surface area contributed by atoms with Crippen molar-refractivity contribution in [2.75, 3.05) is 13.1 Å². The lowest BCUT2D eigenvalue weighted by atomic mass is 10.0. The average molecular weight is 249 g/mol. The second kappa shape index (κ2) is 6.75. The van der Waals surface area contributed by atoms with E-state index in [1.54, 1.807) is 0 Å². The Labute approximate surface area is 111 Å². The fraction of sp³-hybridized carbons (Fsp3) is 0.533. The molecule has 0 aliphatic carbocycles. The number of benzene rings is 1. The summed E-state index contributed by atoms with van der Waals surface area (Å²) in [6.07, 6.45) is 2.35. The van der Waals surface area contributed by atoms with Crippen molar-refractivity contribution in [3.05, 3.63) is 34.9 Å². The Hall–Kier alpha value is -0.890. The second-order valence-electron chi connectivity index (χ2n) is 4.38. The van der Waals surface area contributed by atoms with E-state index in [4.69, 9.17) is 12.2 Å². The number of hydrogen-bond acceptors (Lipinski definition) is 1. The largest absolute Gasteiger partial charge is 0.363 e. The number of rotatable bonds is 5. The van der Waals surface area contributed by atoms with Crippen molar-refractivity contribution in [3.8, 4) is 0 Å². The van der Waals surface area contributed by atoms with Crippen molar-refractivity contribution >= 4 is 17.2 Å². The smallest absolute Gasteiger partial charge is 0.109 e. The van der Waals surface area contributed by atoms with Crippen molar-refractivity contribution in [2.24, 2.45) is 0 Å². The minimum Gasteiger partial charge on any atom is -0.363 e. The highest BCUT2D eigenvalue weighted by atomic mass is 32.1. The molecule has 0 aromatic heterocycles. The minimum absolute atomic E-state index is 0.978. The maximum absolute atomic E-state index is 5.56. The molecule has 0 saturated carbocycles. The van der Waals surface area contributed by atoms with E-state index in [1.807, 2.05) is 0 Å². The fourth-order valence-electron chi connectivity index (χ4n) is 2.09. The summed E-state index contributed by atoms with van der Waals surface area (Å²) >= 11 is 5.56. The van der Waals surface area contributed by atoms with Crippen LogP contribution in [0.5, 0.6) is 0 Å². The van der Waals surface area contributed by atoms with Crippen LogP contribution in [-0.2, 0) is 6.42 Å². The molecule has 0 radical (unpaired) electrons. The zero-order valence-electron chi connectivity index (χ0n) is 11.4. The molecule has 0 amide bonds. The third kappa shape index (κ3) is 3.53. The molecule has 0 heterocycles. The van der Waals surface area contributed by atoms with E-state index in [0.29, 0.717) is 0 Å². The molecule has 1 nitrogen and oxygen atoms in total. The number of aryl methyl sites for hydroxylation is 2. The topological polar surface area (TPSA) is 3.24 Å². The van der Waals surface area contributed by atoms with E-state index in [1.165, 1.54) is 23.1 Å². The van der Waals surface area contributed by atoms with Crippen LogP contribution in [0.2, 0.25) is 0 Å². The number of hydrogen-bond donors (Lipinski definition) is 0. The van der Waals surface area contributed by atoms with Gasteiger partial charge in [-0.2, -0.15) is 0 Å².